The zero-order chi connectivity index (χ0) is 16.2. The van der Waals surface area contributed by atoms with Gasteiger partial charge in [0.1, 0.15) is 0 Å². The van der Waals surface area contributed by atoms with Crippen molar-refractivity contribution in [1.29, 1.82) is 0 Å². The van der Waals surface area contributed by atoms with Crippen LogP contribution < -0.4 is 0 Å². The standard InChI is InChI=1S/C15H20O5S/c1-4-5-10(2)14(15(16)17)11(3)12-6-8-13(9-7-12)21(18,19)20/h5-9,11,14H,4H2,1-3H3,(H,16,17)(H,18,19,20). The first-order valence-corrected chi connectivity index (χ1v) is 8.09. The van der Waals surface area contributed by atoms with E-state index in [1.807, 2.05) is 13.0 Å². The zero-order valence-corrected chi connectivity index (χ0v) is 13.1. The molecule has 21 heavy (non-hydrogen) atoms. The van der Waals surface area contributed by atoms with Crippen molar-refractivity contribution in [2.45, 2.75) is 38.0 Å². The quantitative estimate of drug-likeness (QED) is 0.622. The number of carboxylic acids is 1. The summed E-state index contributed by atoms with van der Waals surface area (Å²) in [6.07, 6.45) is 2.63. The van der Waals surface area contributed by atoms with E-state index < -0.39 is 22.0 Å². The molecule has 0 spiro atoms. The lowest BCUT2D eigenvalue weighted by Crippen LogP contribution is -2.21. The van der Waals surface area contributed by atoms with Crippen molar-refractivity contribution < 1.29 is 22.9 Å². The van der Waals surface area contributed by atoms with E-state index in [0.29, 0.717) is 5.56 Å². The van der Waals surface area contributed by atoms with Crippen molar-refractivity contribution >= 4 is 16.1 Å². The molecule has 6 heteroatoms. The topological polar surface area (TPSA) is 91.7 Å². The van der Waals surface area contributed by atoms with E-state index in [4.69, 9.17) is 4.55 Å². The average molecular weight is 312 g/mol. The smallest absolute Gasteiger partial charge is 0.311 e. The van der Waals surface area contributed by atoms with Crippen molar-refractivity contribution in [3.8, 4) is 0 Å². The SMILES string of the molecule is CCC=C(C)C(C(=O)O)C(C)c1ccc(S(=O)(=O)O)cc1. The number of carboxylic acid groups (broad SMARTS) is 1. The monoisotopic (exact) mass is 312 g/mol. The van der Waals surface area contributed by atoms with Gasteiger partial charge in [-0.2, -0.15) is 8.42 Å². The van der Waals surface area contributed by atoms with Crippen molar-refractivity contribution in [2.75, 3.05) is 0 Å². The third-order valence-corrected chi connectivity index (χ3v) is 4.35. The first-order valence-electron chi connectivity index (χ1n) is 6.65. The van der Waals surface area contributed by atoms with Crippen LogP contribution >= 0.6 is 0 Å². The Morgan fingerprint density at radius 3 is 2.19 bits per heavy atom. The van der Waals surface area contributed by atoms with Gasteiger partial charge in [-0.3, -0.25) is 9.35 Å². The van der Waals surface area contributed by atoms with Crippen LogP contribution in [0.15, 0.2) is 40.8 Å². The molecule has 2 N–H and O–H groups in total. The molecule has 0 radical (unpaired) electrons. The Balaban J connectivity index is 3.13. The Kier molecular flexibility index (Phi) is 5.69. The number of benzene rings is 1. The van der Waals surface area contributed by atoms with E-state index in [9.17, 15) is 18.3 Å². The molecule has 0 aliphatic carbocycles. The van der Waals surface area contributed by atoms with Crippen LogP contribution in [0.1, 0.15) is 38.7 Å². The molecule has 2 atom stereocenters. The minimum atomic E-state index is -4.23. The van der Waals surface area contributed by atoms with Gasteiger partial charge in [-0.05, 0) is 37.0 Å². The second-order valence-electron chi connectivity index (χ2n) is 5.01. The highest BCUT2D eigenvalue weighted by atomic mass is 32.2. The van der Waals surface area contributed by atoms with Gasteiger partial charge in [-0.25, -0.2) is 0 Å². The summed E-state index contributed by atoms with van der Waals surface area (Å²) in [5.74, 6) is -1.88. The third-order valence-electron chi connectivity index (χ3n) is 3.49. The highest BCUT2D eigenvalue weighted by Crippen LogP contribution is 2.30. The molecule has 0 fully saturated rings. The molecule has 5 nitrogen and oxygen atoms in total. The fourth-order valence-electron chi connectivity index (χ4n) is 2.39. The van der Waals surface area contributed by atoms with Gasteiger partial charge < -0.3 is 5.11 Å². The number of hydrogen-bond donors (Lipinski definition) is 2. The predicted octanol–water partition coefficient (Wildman–Crippen LogP) is 3.09. The molecule has 0 bridgehead atoms. The van der Waals surface area contributed by atoms with Crippen LogP contribution in [0.25, 0.3) is 0 Å². The van der Waals surface area contributed by atoms with Crippen molar-refractivity contribution in [2.24, 2.45) is 5.92 Å². The summed E-state index contributed by atoms with van der Waals surface area (Å²) in [7, 11) is -4.23. The summed E-state index contributed by atoms with van der Waals surface area (Å²) < 4.78 is 30.9. The van der Waals surface area contributed by atoms with E-state index in [2.05, 4.69) is 0 Å². The molecule has 1 aromatic carbocycles. The van der Waals surface area contributed by atoms with Crippen LogP contribution in [-0.4, -0.2) is 24.0 Å². The maximum absolute atomic E-state index is 11.5. The highest BCUT2D eigenvalue weighted by Gasteiger charge is 2.27. The number of rotatable bonds is 6. The number of allylic oxidation sites excluding steroid dienone is 1. The second kappa shape index (κ2) is 6.87. The van der Waals surface area contributed by atoms with Crippen molar-refractivity contribution in [3.63, 3.8) is 0 Å². The normalized spacial score (nSPS) is 15.5. The minimum Gasteiger partial charge on any atom is -0.481 e. The molecule has 0 heterocycles. The number of hydrogen-bond acceptors (Lipinski definition) is 3. The molecule has 0 amide bonds. The zero-order valence-electron chi connectivity index (χ0n) is 12.3. The van der Waals surface area contributed by atoms with E-state index >= 15 is 0 Å². The Bertz CT molecular complexity index is 629. The van der Waals surface area contributed by atoms with Gasteiger partial charge in [0.25, 0.3) is 10.1 Å². The molecule has 2 unspecified atom stereocenters. The first-order chi connectivity index (χ1) is 9.68. The fourth-order valence-corrected chi connectivity index (χ4v) is 2.87. The van der Waals surface area contributed by atoms with Crippen molar-refractivity contribution in [1.82, 2.24) is 0 Å². The molecular weight excluding hydrogens is 292 g/mol. The van der Waals surface area contributed by atoms with Gasteiger partial charge in [0.05, 0.1) is 10.8 Å². The third kappa shape index (κ3) is 4.41. The average Bonchev–Trinajstić information content (AvgIpc) is 2.37. The summed E-state index contributed by atoms with van der Waals surface area (Å²) >= 11 is 0. The van der Waals surface area contributed by atoms with E-state index in [-0.39, 0.29) is 10.8 Å². The largest absolute Gasteiger partial charge is 0.481 e. The molecule has 1 rings (SSSR count). The Labute approximate surface area is 125 Å². The van der Waals surface area contributed by atoms with Gasteiger partial charge in [0.2, 0.25) is 0 Å². The highest BCUT2D eigenvalue weighted by molar-refractivity contribution is 7.85. The second-order valence-corrected chi connectivity index (χ2v) is 6.43. The first kappa shape index (κ1) is 17.4. The molecule has 0 aromatic heterocycles. The molecule has 0 aliphatic rings. The lowest BCUT2D eigenvalue weighted by atomic mass is 9.82. The Morgan fingerprint density at radius 2 is 1.81 bits per heavy atom. The van der Waals surface area contributed by atoms with Crippen molar-refractivity contribution in [3.05, 3.63) is 41.5 Å². The summed E-state index contributed by atoms with van der Waals surface area (Å²) in [6, 6.07) is 5.61. The molecule has 0 saturated carbocycles. The van der Waals surface area contributed by atoms with Gasteiger partial charge in [0, 0.05) is 0 Å². The number of carbonyl (C=O) groups is 1. The Hall–Kier alpha value is -1.66. The van der Waals surface area contributed by atoms with Gasteiger partial charge in [0.15, 0.2) is 0 Å². The number of aliphatic carboxylic acids is 1. The van der Waals surface area contributed by atoms with Crippen LogP contribution in [0.2, 0.25) is 0 Å². The van der Waals surface area contributed by atoms with E-state index in [0.717, 1.165) is 12.0 Å². The fraction of sp³-hybridized carbons (Fsp3) is 0.400. The van der Waals surface area contributed by atoms with E-state index in [1.54, 1.807) is 13.8 Å². The van der Waals surface area contributed by atoms with Crippen LogP contribution in [0, 0.1) is 5.92 Å². The maximum Gasteiger partial charge on any atom is 0.311 e. The summed E-state index contributed by atoms with van der Waals surface area (Å²) in [5, 5.41) is 9.41. The molecule has 0 saturated heterocycles. The van der Waals surface area contributed by atoms with Crippen LogP contribution in [0.3, 0.4) is 0 Å². The van der Waals surface area contributed by atoms with Gasteiger partial charge >= 0.3 is 5.97 Å². The summed E-state index contributed by atoms with van der Waals surface area (Å²) in [5.41, 5.74) is 1.48. The minimum absolute atomic E-state index is 0.203. The van der Waals surface area contributed by atoms with Crippen LogP contribution in [-0.2, 0) is 14.9 Å². The summed E-state index contributed by atoms with van der Waals surface area (Å²) in [4.78, 5) is 11.3. The molecule has 0 aliphatic heterocycles. The Morgan fingerprint density at radius 1 is 1.29 bits per heavy atom. The van der Waals surface area contributed by atoms with Crippen LogP contribution in [0.4, 0.5) is 0 Å². The maximum atomic E-state index is 11.5. The summed E-state index contributed by atoms with van der Waals surface area (Å²) in [6.45, 7) is 5.51. The molecular formula is C15H20O5S. The van der Waals surface area contributed by atoms with Crippen LogP contribution in [0.5, 0.6) is 0 Å². The lowest BCUT2D eigenvalue weighted by molar-refractivity contribution is -0.141. The molecule has 116 valence electrons. The van der Waals surface area contributed by atoms with Gasteiger partial charge in [-0.15, -0.1) is 0 Å². The van der Waals surface area contributed by atoms with Gasteiger partial charge in [-0.1, -0.05) is 37.6 Å². The van der Waals surface area contributed by atoms with E-state index in [1.165, 1.54) is 24.3 Å². The lowest BCUT2D eigenvalue weighted by Gasteiger charge is -2.21. The predicted molar refractivity (Wildman–Crippen MR) is 79.8 cm³/mol. The molecule has 1 aromatic rings.